The van der Waals surface area contributed by atoms with Crippen molar-refractivity contribution in [3.63, 3.8) is 0 Å². The zero-order chi connectivity index (χ0) is 19.8. The van der Waals surface area contributed by atoms with E-state index in [-0.39, 0.29) is 11.7 Å². The lowest BCUT2D eigenvalue weighted by Gasteiger charge is -2.04. The smallest absolute Gasteiger partial charge is 0.277 e. The molecule has 0 saturated heterocycles. The van der Waals surface area contributed by atoms with Gasteiger partial charge in [0.15, 0.2) is 0 Å². The molecule has 0 spiro atoms. The minimum Gasteiger partial charge on any atom is -0.411 e. The van der Waals surface area contributed by atoms with Crippen molar-refractivity contribution in [3.8, 4) is 11.5 Å². The number of nitrogens with zero attached hydrogens (tertiary/aromatic N) is 3. The van der Waals surface area contributed by atoms with Crippen LogP contribution in [-0.2, 0) is 0 Å². The van der Waals surface area contributed by atoms with E-state index in [4.69, 9.17) is 4.42 Å². The third-order valence-electron chi connectivity index (χ3n) is 4.63. The van der Waals surface area contributed by atoms with Crippen LogP contribution in [0.15, 0.2) is 86.9 Å². The van der Waals surface area contributed by atoms with E-state index < -0.39 is 0 Å². The molecule has 3 aromatic carbocycles. The topological polar surface area (TPSA) is 60.9 Å². The highest BCUT2D eigenvalue weighted by molar-refractivity contribution is 9.10. The molecule has 142 valence electrons. The number of thioether (sulfide) groups is 1. The van der Waals surface area contributed by atoms with Crippen molar-refractivity contribution in [2.24, 2.45) is 0 Å². The molecule has 0 radical (unpaired) electrons. The first kappa shape index (κ1) is 18.1. The van der Waals surface area contributed by atoms with Crippen LogP contribution in [0.1, 0.15) is 4.79 Å². The number of rotatable bonds is 4. The van der Waals surface area contributed by atoms with Crippen molar-refractivity contribution in [2.75, 3.05) is 5.75 Å². The van der Waals surface area contributed by atoms with E-state index in [2.05, 4.69) is 26.1 Å². The Labute approximate surface area is 178 Å². The minimum atomic E-state index is -0.0328. The molecule has 7 heteroatoms. The molecule has 5 aromatic rings. The van der Waals surface area contributed by atoms with Crippen LogP contribution in [0.4, 0.5) is 0 Å². The molecule has 0 saturated carbocycles. The predicted molar refractivity (Wildman–Crippen MR) is 118 cm³/mol. The molecule has 5 nitrogen and oxygen atoms in total. The summed E-state index contributed by atoms with van der Waals surface area (Å²) in [6.45, 7) is 0. The van der Waals surface area contributed by atoms with E-state index in [0.717, 1.165) is 31.8 Å². The van der Waals surface area contributed by atoms with E-state index in [1.165, 1.54) is 11.8 Å². The van der Waals surface area contributed by atoms with Gasteiger partial charge >= 0.3 is 0 Å². The van der Waals surface area contributed by atoms with Crippen molar-refractivity contribution >= 4 is 55.4 Å². The fourth-order valence-corrected chi connectivity index (χ4v) is 4.40. The second-order valence-electron chi connectivity index (χ2n) is 6.44. The average Bonchev–Trinajstić information content (AvgIpc) is 3.35. The molecule has 0 fully saturated rings. The Balaban J connectivity index is 1.42. The van der Waals surface area contributed by atoms with Gasteiger partial charge in [-0.15, -0.1) is 10.2 Å². The summed E-state index contributed by atoms with van der Waals surface area (Å²) in [4.78, 5) is 13.1. The maximum absolute atomic E-state index is 13.1. The Bertz CT molecular complexity index is 1310. The summed E-state index contributed by atoms with van der Waals surface area (Å²) in [7, 11) is 0. The van der Waals surface area contributed by atoms with Crippen LogP contribution in [0.2, 0.25) is 0 Å². The van der Waals surface area contributed by atoms with Crippen LogP contribution >= 0.6 is 27.7 Å². The van der Waals surface area contributed by atoms with Crippen molar-refractivity contribution < 1.29 is 9.21 Å². The van der Waals surface area contributed by atoms with E-state index in [1.807, 2.05) is 72.8 Å². The Morgan fingerprint density at radius 1 is 0.931 bits per heavy atom. The van der Waals surface area contributed by atoms with Crippen LogP contribution in [0.25, 0.3) is 33.3 Å². The predicted octanol–water partition coefficient (Wildman–Crippen LogP) is 6.04. The highest BCUT2D eigenvalue weighted by Gasteiger charge is 2.17. The molecule has 0 aliphatic carbocycles. The summed E-state index contributed by atoms with van der Waals surface area (Å²) < 4.78 is 8.43. The van der Waals surface area contributed by atoms with Crippen LogP contribution < -0.4 is 0 Å². The van der Waals surface area contributed by atoms with Gasteiger partial charge in [0.25, 0.3) is 5.22 Å². The van der Waals surface area contributed by atoms with Gasteiger partial charge in [-0.3, -0.25) is 9.36 Å². The standard InChI is InChI=1S/C22H14BrN3O2S/c23-15-7-5-6-14(12-15)21-24-25-22(28-21)29-13-20(27)26-18-10-3-1-8-16(18)17-9-2-4-11-19(17)26/h1-12H,13H2. The number of para-hydroxylation sites is 2. The lowest BCUT2D eigenvalue weighted by molar-refractivity contribution is 0.0951. The summed E-state index contributed by atoms with van der Waals surface area (Å²) in [5, 5.41) is 10.7. The molecular weight excluding hydrogens is 450 g/mol. The van der Waals surface area contributed by atoms with Gasteiger partial charge in [-0.25, -0.2) is 0 Å². The van der Waals surface area contributed by atoms with Crippen LogP contribution in [-0.4, -0.2) is 26.4 Å². The van der Waals surface area contributed by atoms with Crippen LogP contribution in [0, 0.1) is 0 Å². The molecule has 0 bridgehead atoms. The van der Waals surface area contributed by atoms with Gasteiger partial charge in [0.2, 0.25) is 11.8 Å². The number of halogens is 1. The minimum absolute atomic E-state index is 0.0328. The summed E-state index contributed by atoms with van der Waals surface area (Å²) in [5.41, 5.74) is 2.63. The van der Waals surface area contributed by atoms with Gasteiger partial charge in [-0.1, -0.05) is 70.2 Å². The quantitative estimate of drug-likeness (QED) is 0.304. The van der Waals surface area contributed by atoms with Crippen molar-refractivity contribution in [3.05, 3.63) is 77.3 Å². The highest BCUT2D eigenvalue weighted by atomic mass is 79.9. The fourth-order valence-electron chi connectivity index (χ4n) is 3.39. The first-order valence-corrected chi connectivity index (χ1v) is 10.7. The van der Waals surface area contributed by atoms with Gasteiger partial charge < -0.3 is 4.42 Å². The third kappa shape index (κ3) is 3.36. The lowest BCUT2D eigenvalue weighted by atomic mass is 10.2. The number of carbonyl (C=O) groups excluding carboxylic acids is 1. The first-order valence-electron chi connectivity index (χ1n) is 8.94. The second kappa shape index (κ2) is 7.50. The maximum Gasteiger partial charge on any atom is 0.277 e. The second-order valence-corrected chi connectivity index (χ2v) is 8.28. The van der Waals surface area contributed by atoms with Gasteiger partial charge in [0, 0.05) is 20.8 Å². The van der Waals surface area contributed by atoms with Crippen LogP contribution in [0.5, 0.6) is 0 Å². The molecule has 0 amide bonds. The number of aromatic nitrogens is 3. The van der Waals surface area contributed by atoms with Gasteiger partial charge in [-0.05, 0) is 30.3 Å². The van der Waals surface area contributed by atoms with Gasteiger partial charge in [0.1, 0.15) is 0 Å². The summed E-state index contributed by atoms with van der Waals surface area (Å²) >= 11 is 4.68. The number of benzene rings is 3. The molecule has 0 N–H and O–H groups in total. The average molecular weight is 464 g/mol. The molecule has 0 aliphatic rings. The Hall–Kier alpha value is -2.90. The maximum atomic E-state index is 13.1. The molecule has 0 aliphatic heterocycles. The Morgan fingerprint density at radius 3 is 2.31 bits per heavy atom. The highest BCUT2D eigenvalue weighted by Crippen LogP contribution is 2.30. The summed E-state index contributed by atoms with van der Waals surface area (Å²) in [6.07, 6.45) is 0. The fraction of sp³-hybridized carbons (Fsp3) is 0.0455. The molecule has 0 unspecified atom stereocenters. The zero-order valence-corrected chi connectivity index (χ0v) is 17.5. The van der Waals surface area contributed by atoms with Crippen LogP contribution in [0.3, 0.4) is 0 Å². The SMILES string of the molecule is O=C(CSc1nnc(-c2cccc(Br)c2)o1)n1c2ccccc2c2ccccc21. The molecule has 2 heterocycles. The normalized spacial score (nSPS) is 11.3. The molecular formula is C22H14BrN3O2S. The summed E-state index contributed by atoms with van der Waals surface area (Å²) in [6, 6.07) is 23.5. The molecule has 5 rings (SSSR count). The molecule has 29 heavy (non-hydrogen) atoms. The molecule has 0 atom stereocenters. The van der Waals surface area contributed by atoms with E-state index in [9.17, 15) is 4.79 Å². The van der Waals surface area contributed by atoms with E-state index in [0.29, 0.717) is 11.1 Å². The summed E-state index contributed by atoms with van der Waals surface area (Å²) in [5.74, 6) is 0.593. The number of carbonyl (C=O) groups is 1. The Morgan fingerprint density at radius 2 is 1.62 bits per heavy atom. The van der Waals surface area contributed by atoms with E-state index in [1.54, 1.807) is 4.57 Å². The first-order chi connectivity index (χ1) is 14.2. The number of hydrogen-bond donors (Lipinski definition) is 0. The Kier molecular flexibility index (Phi) is 4.69. The van der Waals surface area contributed by atoms with E-state index >= 15 is 0 Å². The number of hydrogen-bond acceptors (Lipinski definition) is 5. The molecule has 2 aromatic heterocycles. The number of fused-ring (bicyclic) bond motifs is 3. The largest absolute Gasteiger partial charge is 0.411 e. The van der Waals surface area contributed by atoms with Gasteiger partial charge in [0.05, 0.1) is 16.8 Å². The van der Waals surface area contributed by atoms with Crippen molar-refractivity contribution in [1.82, 2.24) is 14.8 Å². The lowest BCUT2D eigenvalue weighted by Crippen LogP contribution is -2.12. The van der Waals surface area contributed by atoms with Crippen molar-refractivity contribution in [1.29, 1.82) is 0 Å². The van der Waals surface area contributed by atoms with Gasteiger partial charge in [-0.2, -0.15) is 0 Å². The zero-order valence-electron chi connectivity index (χ0n) is 15.1. The third-order valence-corrected chi connectivity index (χ3v) is 5.92. The monoisotopic (exact) mass is 463 g/mol. The van der Waals surface area contributed by atoms with Crippen molar-refractivity contribution in [2.45, 2.75) is 5.22 Å².